The Morgan fingerprint density at radius 1 is 0.437 bits per heavy atom. The van der Waals surface area contributed by atoms with Crippen LogP contribution in [0.25, 0.3) is 55.1 Å². The monoisotopic (exact) mass is 1110 g/mol. The predicted molar refractivity (Wildman–Crippen MR) is 293 cm³/mol. The second kappa shape index (κ2) is 17.3. The fourth-order valence-corrected chi connectivity index (χ4v) is 9.95. The third-order valence-electron chi connectivity index (χ3n) is 14.1. The van der Waals surface area contributed by atoms with Gasteiger partial charge in [0.15, 0.2) is 0 Å². The minimum absolute atomic E-state index is 0. The van der Waals surface area contributed by atoms with Gasteiger partial charge in [-0.15, -0.1) is 48.1 Å². The summed E-state index contributed by atoms with van der Waals surface area (Å²) in [5.41, 5.74) is 14.6. The van der Waals surface area contributed by atoms with Gasteiger partial charge in [0.2, 0.25) is 0 Å². The quantitative estimate of drug-likeness (QED) is 0.156. The van der Waals surface area contributed by atoms with Crippen molar-refractivity contribution in [3.05, 3.63) is 193 Å². The predicted octanol–water partition coefficient (Wildman–Crippen LogP) is 17.3. The zero-order valence-electron chi connectivity index (χ0n) is 43.0. The average molecular weight is 1110 g/mol. The van der Waals surface area contributed by atoms with Crippen molar-refractivity contribution in [2.45, 2.75) is 105 Å². The third kappa shape index (κ3) is 8.63. The number of benzene rings is 7. The van der Waals surface area contributed by atoms with Gasteiger partial charge in [-0.1, -0.05) is 137 Å². The SMILES string of the molecule is CC(C)(C)c1cc(N2[CH-]N(c3[c-]c(Oc4[c-]c5c(cc4)c4ccc(-n6c7ccccc7c7cc(C(C)(C)C)ccc76)cc4n5-c4cc(C(C)(C)C)ccn4)ccc3)c3ccccc32)cc(C(C)(C)C)c1.[Pt]. The molecule has 0 fully saturated rings. The summed E-state index contributed by atoms with van der Waals surface area (Å²) in [4.78, 5) is 9.56. The van der Waals surface area contributed by atoms with Gasteiger partial charge in [0.05, 0.1) is 11.0 Å². The summed E-state index contributed by atoms with van der Waals surface area (Å²) in [6.45, 7) is 29.5. The van der Waals surface area contributed by atoms with Gasteiger partial charge in [-0.3, -0.25) is 0 Å². The molecule has 6 nitrogen and oxygen atoms in total. The third-order valence-corrected chi connectivity index (χ3v) is 14.1. The number of nitrogens with zero attached hydrogens (tertiary/aromatic N) is 5. The van der Waals surface area contributed by atoms with Crippen LogP contribution in [0.1, 0.15) is 105 Å². The maximum atomic E-state index is 6.77. The van der Waals surface area contributed by atoms with Crippen LogP contribution in [0.2, 0.25) is 0 Å². The fraction of sp³-hybridized carbons (Fsp3) is 0.250. The normalized spacial score (nSPS) is 13.4. The van der Waals surface area contributed by atoms with E-state index in [-0.39, 0.29) is 42.7 Å². The molecule has 0 spiro atoms. The number of para-hydroxylation sites is 3. The van der Waals surface area contributed by atoms with Gasteiger partial charge >= 0.3 is 0 Å². The summed E-state index contributed by atoms with van der Waals surface area (Å²) in [5.74, 6) is 2.02. The molecule has 0 saturated carbocycles. The minimum atomic E-state index is -0.0779. The van der Waals surface area contributed by atoms with Crippen molar-refractivity contribution >= 4 is 66.4 Å². The largest absolute Gasteiger partial charge is 0.509 e. The van der Waals surface area contributed by atoms with E-state index in [1.165, 1.54) is 44.1 Å². The van der Waals surface area contributed by atoms with E-state index >= 15 is 0 Å². The molecule has 0 amide bonds. The Morgan fingerprint density at radius 2 is 1.04 bits per heavy atom. The van der Waals surface area contributed by atoms with E-state index in [1.54, 1.807) is 0 Å². The van der Waals surface area contributed by atoms with Gasteiger partial charge in [0.25, 0.3) is 0 Å². The summed E-state index contributed by atoms with van der Waals surface area (Å²) in [5, 5.41) is 4.68. The van der Waals surface area contributed by atoms with E-state index in [1.807, 2.05) is 24.4 Å². The van der Waals surface area contributed by atoms with Gasteiger partial charge in [0, 0.05) is 77.8 Å². The maximum Gasteiger partial charge on any atom is 0.135 e. The minimum Gasteiger partial charge on any atom is -0.509 e. The average Bonchev–Trinajstić information content (AvgIpc) is 3.98. The molecular weight excluding hydrogens is 1050 g/mol. The van der Waals surface area contributed by atoms with Crippen LogP contribution in [0, 0.1) is 18.8 Å². The van der Waals surface area contributed by atoms with Crippen molar-refractivity contribution in [1.82, 2.24) is 14.1 Å². The van der Waals surface area contributed by atoms with Crippen molar-refractivity contribution in [2.75, 3.05) is 9.80 Å². The van der Waals surface area contributed by atoms with Crippen molar-refractivity contribution in [1.29, 1.82) is 0 Å². The van der Waals surface area contributed by atoms with Crippen LogP contribution >= 0.6 is 0 Å². The molecular formula is C64H62N5OPt-3. The molecule has 362 valence electrons. The first-order chi connectivity index (χ1) is 33.2. The number of fused-ring (bicyclic) bond motifs is 7. The molecule has 71 heavy (non-hydrogen) atoms. The topological polar surface area (TPSA) is 38.5 Å². The van der Waals surface area contributed by atoms with Crippen LogP contribution in [0.3, 0.4) is 0 Å². The Balaban J connectivity index is 0.00000582. The van der Waals surface area contributed by atoms with Gasteiger partial charge in [0.1, 0.15) is 5.82 Å². The molecule has 0 unspecified atom stereocenters. The van der Waals surface area contributed by atoms with E-state index in [0.717, 1.165) is 56.1 Å². The number of aromatic nitrogens is 3. The molecule has 1 aliphatic heterocycles. The van der Waals surface area contributed by atoms with Crippen LogP contribution in [0.4, 0.5) is 22.7 Å². The molecule has 0 saturated heterocycles. The Bertz CT molecular complexity index is 3650. The number of rotatable bonds is 6. The van der Waals surface area contributed by atoms with E-state index in [2.05, 4.69) is 248 Å². The zero-order chi connectivity index (χ0) is 49.1. The Labute approximate surface area is 434 Å². The van der Waals surface area contributed by atoms with Crippen molar-refractivity contribution < 1.29 is 25.8 Å². The summed E-state index contributed by atoms with van der Waals surface area (Å²) in [6.07, 6.45) is 1.93. The molecule has 11 rings (SSSR count). The van der Waals surface area contributed by atoms with Crippen LogP contribution < -0.4 is 14.5 Å². The fourth-order valence-electron chi connectivity index (χ4n) is 9.95. The molecule has 7 heteroatoms. The van der Waals surface area contributed by atoms with Crippen molar-refractivity contribution in [3.63, 3.8) is 0 Å². The molecule has 3 aromatic heterocycles. The number of hydrogen-bond acceptors (Lipinski definition) is 4. The number of pyridine rings is 1. The molecule has 7 aromatic carbocycles. The second-order valence-electron chi connectivity index (χ2n) is 23.2. The van der Waals surface area contributed by atoms with Gasteiger partial charge < -0.3 is 23.7 Å². The summed E-state index contributed by atoms with van der Waals surface area (Å²) in [6, 6.07) is 60.1. The van der Waals surface area contributed by atoms with Gasteiger partial charge in [-0.2, -0.15) is 12.1 Å². The molecule has 0 N–H and O–H groups in total. The first-order valence-electron chi connectivity index (χ1n) is 24.6. The van der Waals surface area contributed by atoms with Crippen LogP contribution in [0.5, 0.6) is 11.5 Å². The standard InChI is InChI=1S/C64H62N5O.Pt/c1-61(2,3)41-24-29-55-53(35-41)50-20-13-14-21-54(50)68(55)46-25-27-51-52-28-26-49(39-59(52)69(58(51)38-46)60-36-42(30-31-65-60)62(4,5)6)70-48-19-17-18-45(37-48)66-40-67(57-23-16-15-22-56(57)66)47-33-43(63(7,8)9)32-44(34-47)64(10,11)12;/h13-36,38,40H,1-12H3;/q-3;. The van der Waals surface area contributed by atoms with Crippen LogP contribution in [-0.2, 0) is 42.7 Å². The first kappa shape index (κ1) is 48.0. The summed E-state index contributed by atoms with van der Waals surface area (Å²) < 4.78 is 11.4. The maximum absolute atomic E-state index is 6.77. The molecule has 0 aliphatic carbocycles. The van der Waals surface area contributed by atoms with E-state index < -0.39 is 0 Å². The molecule has 0 radical (unpaired) electrons. The van der Waals surface area contributed by atoms with E-state index in [4.69, 9.17) is 9.72 Å². The summed E-state index contributed by atoms with van der Waals surface area (Å²) >= 11 is 0. The molecule has 4 heterocycles. The van der Waals surface area contributed by atoms with Gasteiger partial charge in [-0.05, 0) is 116 Å². The Hall–Kier alpha value is -6.62. The van der Waals surface area contributed by atoms with Crippen molar-refractivity contribution in [3.8, 4) is 23.0 Å². The number of ether oxygens (including phenoxy) is 1. The zero-order valence-corrected chi connectivity index (χ0v) is 45.2. The number of anilines is 4. The Kier molecular flexibility index (Phi) is 11.7. The van der Waals surface area contributed by atoms with Crippen molar-refractivity contribution in [2.24, 2.45) is 0 Å². The second-order valence-corrected chi connectivity index (χ2v) is 23.2. The van der Waals surface area contributed by atoms with Crippen LogP contribution in [0.15, 0.2) is 152 Å². The van der Waals surface area contributed by atoms with Crippen LogP contribution in [-0.4, -0.2) is 14.1 Å². The number of hydrogen-bond donors (Lipinski definition) is 0. The van der Waals surface area contributed by atoms with E-state index in [0.29, 0.717) is 11.5 Å². The first-order valence-corrected chi connectivity index (χ1v) is 24.6. The smallest absolute Gasteiger partial charge is 0.135 e. The molecule has 10 aromatic rings. The van der Waals surface area contributed by atoms with Gasteiger partial charge in [-0.25, -0.2) is 4.98 Å². The molecule has 0 bridgehead atoms. The summed E-state index contributed by atoms with van der Waals surface area (Å²) in [7, 11) is 0. The Morgan fingerprint density at radius 3 is 1.75 bits per heavy atom. The van der Waals surface area contributed by atoms with E-state index in [9.17, 15) is 0 Å². The molecule has 1 aliphatic rings. The molecule has 0 atom stereocenters.